The molecule has 30 heavy (non-hydrogen) atoms. The summed E-state index contributed by atoms with van der Waals surface area (Å²) in [5.74, 6) is -1.29. The number of rotatable bonds is 2. The summed E-state index contributed by atoms with van der Waals surface area (Å²) in [5, 5.41) is 20.6. The minimum atomic E-state index is -0.486. The SMILES string of the molecule is Cn1c(-c2cccc(F)c2)c(/C=C2\Oc3cc(O)cc(O)c3C2=O)c2ccccc21. The molecule has 148 valence electrons. The molecule has 0 radical (unpaired) electrons. The Kier molecular flexibility index (Phi) is 3.89. The van der Waals surface area contributed by atoms with Gasteiger partial charge in [0.05, 0.1) is 5.69 Å². The smallest absolute Gasteiger partial charge is 0.235 e. The fourth-order valence-electron chi connectivity index (χ4n) is 3.96. The van der Waals surface area contributed by atoms with Crippen LogP contribution in [0.4, 0.5) is 4.39 Å². The van der Waals surface area contributed by atoms with E-state index >= 15 is 0 Å². The van der Waals surface area contributed by atoms with Crippen LogP contribution in [-0.4, -0.2) is 20.6 Å². The Morgan fingerprint density at radius 1 is 1.03 bits per heavy atom. The molecule has 3 aromatic carbocycles. The molecule has 5 nitrogen and oxygen atoms in total. The van der Waals surface area contributed by atoms with E-state index in [4.69, 9.17) is 4.74 Å². The lowest BCUT2D eigenvalue weighted by molar-refractivity contribution is 0.101. The van der Waals surface area contributed by atoms with E-state index in [9.17, 15) is 19.4 Å². The number of hydrogen-bond donors (Lipinski definition) is 2. The van der Waals surface area contributed by atoms with Crippen molar-refractivity contribution in [2.45, 2.75) is 0 Å². The number of hydrogen-bond acceptors (Lipinski definition) is 4. The third-order valence-corrected chi connectivity index (χ3v) is 5.26. The van der Waals surface area contributed by atoms with Gasteiger partial charge in [0.25, 0.3) is 0 Å². The quantitative estimate of drug-likeness (QED) is 0.463. The second-order valence-corrected chi connectivity index (χ2v) is 7.13. The fourth-order valence-corrected chi connectivity index (χ4v) is 3.96. The standard InChI is InChI=1S/C24H16FNO4/c1-26-18-8-3-2-7-16(18)17(23(26)13-5-4-6-14(25)9-13)12-21-24(29)22-19(28)10-15(27)11-20(22)30-21/h2-12,27-28H,1H3/b21-12-. The number of aryl methyl sites for hydroxylation is 1. The van der Waals surface area contributed by atoms with E-state index in [1.165, 1.54) is 18.2 Å². The van der Waals surface area contributed by atoms with Crippen molar-refractivity contribution in [2.75, 3.05) is 0 Å². The first-order valence-electron chi connectivity index (χ1n) is 9.27. The van der Waals surface area contributed by atoms with Gasteiger partial charge in [0.15, 0.2) is 5.76 Å². The van der Waals surface area contributed by atoms with Gasteiger partial charge < -0.3 is 19.5 Å². The lowest BCUT2D eigenvalue weighted by Crippen LogP contribution is -1.99. The fraction of sp³-hybridized carbons (Fsp3) is 0.0417. The summed E-state index contributed by atoms with van der Waals surface area (Å²) in [4.78, 5) is 12.9. The van der Waals surface area contributed by atoms with Gasteiger partial charge in [0.1, 0.15) is 28.6 Å². The van der Waals surface area contributed by atoms with Crippen molar-refractivity contribution in [3.8, 4) is 28.5 Å². The predicted molar refractivity (Wildman–Crippen MR) is 111 cm³/mol. The van der Waals surface area contributed by atoms with Gasteiger partial charge in [-0.2, -0.15) is 0 Å². The average Bonchev–Trinajstić information content (AvgIpc) is 3.17. The Bertz CT molecular complexity index is 1380. The number of allylic oxidation sites excluding steroid dienone is 1. The number of carbonyl (C=O) groups excluding carboxylic acids is 1. The summed E-state index contributed by atoms with van der Waals surface area (Å²) in [6, 6.07) is 16.3. The summed E-state index contributed by atoms with van der Waals surface area (Å²) in [6.07, 6.45) is 1.60. The summed E-state index contributed by atoms with van der Waals surface area (Å²) >= 11 is 0. The number of aromatic nitrogens is 1. The van der Waals surface area contributed by atoms with Crippen LogP contribution in [-0.2, 0) is 7.05 Å². The van der Waals surface area contributed by atoms with Crippen molar-refractivity contribution in [2.24, 2.45) is 7.05 Å². The zero-order chi connectivity index (χ0) is 21.0. The molecular formula is C24H16FNO4. The number of carbonyl (C=O) groups is 1. The third-order valence-electron chi connectivity index (χ3n) is 5.26. The molecule has 6 heteroatoms. The van der Waals surface area contributed by atoms with E-state index in [0.717, 1.165) is 22.7 Å². The van der Waals surface area contributed by atoms with Crippen LogP contribution in [0.3, 0.4) is 0 Å². The van der Waals surface area contributed by atoms with Crippen molar-refractivity contribution in [1.29, 1.82) is 0 Å². The Hall–Kier alpha value is -4.06. The number of phenols is 2. The number of phenolic OH excluding ortho intramolecular Hbond substituents is 2. The minimum absolute atomic E-state index is 0.00610. The van der Waals surface area contributed by atoms with Crippen molar-refractivity contribution in [1.82, 2.24) is 4.57 Å². The zero-order valence-electron chi connectivity index (χ0n) is 15.9. The number of benzene rings is 3. The largest absolute Gasteiger partial charge is 0.508 e. The molecule has 0 saturated carbocycles. The number of aromatic hydroxyl groups is 2. The van der Waals surface area contributed by atoms with Crippen LogP contribution in [0.2, 0.25) is 0 Å². The topological polar surface area (TPSA) is 71.7 Å². The van der Waals surface area contributed by atoms with Crippen molar-refractivity contribution in [3.63, 3.8) is 0 Å². The van der Waals surface area contributed by atoms with Crippen LogP contribution in [0, 0.1) is 5.82 Å². The van der Waals surface area contributed by atoms with Gasteiger partial charge in [-0.3, -0.25) is 4.79 Å². The van der Waals surface area contributed by atoms with Crippen LogP contribution in [0.15, 0.2) is 66.4 Å². The van der Waals surface area contributed by atoms with Crippen molar-refractivity contribution in [3.05, 3.63) is 83.4 Å². The first-order chi connectivity index (χ1) is 14.4. The number of ether oxygens (including phenoxy) is 1. The molecule has 0 unspecified atom stereocenters. The molecule has 0 aliphatic carbocycles. The number of fused-ring (bicyclic) bond motifs is 2. The monoisotopic (exact) mass is 401 g/mol. The van der Waals surface area contributed by atoms with Crippen LogP contribution < -0.4 is 4.74 Å². The number of Topliss-reactive ketones (excluding diaryl/α,β-unsaturated/α-hetero) is 1. The predicted octanol–water partition coefficient (Wildman–Crippen LogP) is 5.01. The maximum absolute atomic E-state index is 13.9. The number of halogens is 1. The van der Waals surface area contributed by atoms with Gasteiger partial charge in [-0.25, -0.2) is 4.39 Å². The molecular weight excluding hydrogens is 385 g/mol. The molecule has 1 aromatic heterocycles. The second kappa shape index (κ2) is 6.49. The van der Waals surface area contributed by atoms with E-state index in [0.29, 0.717) is 11.1 Å². The van der Waals surface area contributed by atoms with Gasteiger partial charge in [0.2, 0.25) is 5.78 Å². The second-order valence-electron chi connectivity index (χ2n) is 7.13. The summed E-state index contributed by atoms with van der Waals surface area (Å²) in [6.45, 7) is 0. The third kappa shape index (κ3) is 2.65. The molecule has 2 N–H and O–H groups in total. The first kappa shape index (κ1) is 18.0. The van der Waals surface area contributed by atoms with E-state index in [2.05, 4.69) is 0 Å². The summed E-state index contributed by atoms with van der Waals surface area (Å²) in [7, 11) is 1.88. The number of ketones is 1. The lowest BCUT2D eigenvalue weighted by atomic mass is 10.0. The summed E-state index contributed by atoms with van der Waals surface area (Å²) in [5.41, 5.74) is 2.99. The molecule has 0 spiro atoms. The molecule has 4 aromatic rings. The maximum atomic E-state index is 13.9. The van der Waals surface area contributed by atoms with Crippen LogP contribution in [0.1, 0.15) is 15.9 Å². The van der Waals surface area contributed by atoms with Gasteiger partial charge >= 0.3 is 0 Å². The Morgan fingerprint density at radius 3 is 2.63 bits per heavy atom. The van der Waals surface area contributed by atoms with Crippen LogP contribution in [0.5, 0.6) is 17.2 Å². The molecule has 1 aliphatic heterocycles. The summed E-state index contributed by atoms with van der Waals surface area (Å²) < 4.78 is 21.5. The molecule has 1 aliphatic rings. The normalized spacial score (nSPS) is 14.3. The van der Waals surface area contributed by atoms with Crippen LogP contribution in [0.25, 0.3) is 28.2 Å². The maximum Gasteiger partial charge on any atom is 0.235 e. The number of nitrogens with zero attached hydrogens (tertiary/aromatic N) is 1. The van der Waals surface area contributed by atoms with Crippen molar-refractivity contribution >= 4 is 22.8 Å². The minimum Gasteiger partial charge on any atom is -0.508 e. The molecule has 0 atom stereocenters. The molecule has 0 amide bonds. The van der Waals surface area contributed by atoms with E-state index < -0.39 is 5.78 Å². The number of para-hydroxylation sites is 1. The highest BCUT2D eigenvalue weighted by atomic mass is 19.1. The molecule has 0 fully saturated rings. The van der Waals surface area contributed by atoms with Gasteiger partial charge in [-0.05, 0) is 24.3 Å². The molecule has 0 bridgehead atoms. The van der Waals surface area contributed by atoms with Crippen LogP contribution >= 0.6 is 0 Å². The molecule has 2 heterocycles. The highest BCUT2D eigenvalue weighted by Gasteiger charge is 2.32. The average molecular weight is 401 g/mol. The highest BCUT2D eigenvalue weighted by molar-refractivity contribution is 6.17. The zero-order valence-corrected chi connectivity index (χ0v) is 15.9. The van der Waals surface area contributed by atoms with Gasteiger partial charge in [-0.1, -0.05) is 30.3 Å². The van der Waals surface area contributed by atoms with Crippen molar-refractivity contribution < 1.29 is 24.1 Å². The Labute approximate surface area is 170 Å². The Morgan fingerprint density at radius 2 is 1.83 bits per heavy atom. The first-order valence-corrected chi connectivity index (χ1v) is 9.27. The van der Waals surface area contributed by atoms with E-state index in [1.807, 2.05) is 35.9 Å². The van der Waals surface area contributed by atoms with E-state index in [1.54, 1.807) is 18.2 Å². The Balaban J connectivity index is 1.75. The van der Waals surface area contributed by atoms with E-state index in [-0.39, 0.29) is 34.4 Å². The highest BCUT2D eigenvalue weighted by Crippen LogP contribution is 2.42. The molecule has 0 saturated heterocycles. The van der Waals surface area contributed by atoms with Gasteiger partial charge in [-0.15, -0.1) is 0 Å². The molecule has 5 rings (SSSR count). The van der Waals surface area contributed by atoms with Gasteiger partial charge in [0, 0.05) is 41.2 Å². The lowest BCUT2D eigenvalue weighted by Gasteiger charge is -2.07.